The smallest absolute Gasteiger partial charge is 0.125 e. The highest BCUT2D eigenvalue weighted by molar-refractivity contribution is 5.06. The van der Waals surface area contributed by atoms with Crippen LogP contribution in [0.25, 0.3) is 0 Å². The van der Waals surface area contributed by atoms with Crippen LogP contribution in [0.1, 0.15) is 17.6 Å². The number of imidazole rings is 1. The number of ether oxygens (including phenoxy) is 1. The molecule has 0 bridgehead atoms. The van der Waals surface area contributed by atoms with E-state index < -0.39 is 0 Å². The molecule has 0 aliphatic carbocycles. The van der Waals surface area contributed by atoms with E-state index in [9.17, 15) is 0 Å². The van der Waals surface area contributed by atoms with Gasteiger partial charge in [0.15, 0.2) is 0 Å². The van der Waals surface area contributed by atoms with E-state index in [-0.39, 0.29) is 0 Å². The van der Waals surface area contributed by atoms with Crippen LogP contribution in [-0.4, -0.2) is 73.8 Å². The molecule has 6 nitrogen and oxygen atoms in total. The normalized spacial score (nSPS) is 21.9. The summed E-state index contributed by atoms with van der Waals surface area (Å²) in [5.41, 5.74) is 1.13. The number of rotatable bonds is 6. The van der Waals surface area contributed by atoms with Crippen molar-refractivity contribution in [1.29, 1.82) is 0 Å². The largest absolute Gasteiger partial charge is 0.383 e. The first-order valence-corrected chi connectivity index (χ1v) is 6.83. The second-order valence-electron chi connectivity index (χ2n) is 5.22. The van der Waals surface area contributed by atoms with Crippen LogP contribution in [0.4, 0.5) is 0 Å². The third-order valence-corrected chi connectivity index (χ3v) is 3.61. The van der Waals surface area contributed by atoms with Crippen molar-refractivity contribution in [1.82, 2.24) is 25.1 Å². The standard InChI is InChI=1S/C13H25N5O/c1-17-5-6-18(2)12(10-17)13-15-9-11(16-13)8-14-4-7-19-3/h9,12,14H,4-8,10H2,1-3H3,(H,15,16). The summed E-state index contributed by atoms with van der Waals surface area (Å²) in [6.07, 6.45) is 1.93. The molecule has 1 aromatic rings. The summed E-state index contributed by atoms with van der Waals surface area (Å²) >= 11 is 0. The number of hydrogen-bond donors (Lipinski definition) is 2. The van der Waals surface area contributed by atoms with Gasteiger partial charge in [-0.05, 0) is 14.1 Å². The lowest BCUT2D eigenvalue weighted by Gasteiger charge is -2.36. The van der Waals surface area contributed by atoms with E-state index in [0.717, 1.165) is 50.8 Å². The van der Waals surface area contributed by atoms with Gasteiger partial charge in [-0.25, -0.2) is 4.98 Å². The molecule has 0 aromatic carbocycles. The molecular weight excluding hydrogens is 242 g/mol. The highest BCUT2D eigenvalue weighted by Gasteiger charge is 2.25. The molecule has 1 aromatic heterocycles. The Kier molecular flexibility index (Phi) is 5.33. The Labute approximate surface area is 115 Å². The maximum Gasteiger partial charge on any atom is 0.125 e. The topological polar surface area (TPSA) is 56.4 Å². The molecule has 1 aliphatic rings. The molecular formula is C13H25N5O. The molecule has 2 N–H and O–H groups in total. The van der Waals surface area contributed by atoms with E-state index in [0.29, 0.717) is 6.04 Å². The summed E-state index contributed by atoms with van der Waals surface area (Å²) in [4.78, 5) is 12.7. The minimum atomic E-state index is 0.367. The number of aromatic nitrogens is 2. The second kappa shape index (κ2) is 7.00. The van der Waals surface area contributed by atoms with Gasteiger partial charge in [0.1, 0.15) is 5.82 Å². The molecule has 1 aliphatic heterocycles. The fraction of sp³-hybridized carbons (Fsp3) is 0.769. The summed E-state index contributed by atoms with van der Waals surface area (Å²) in [6.45, 7) is 5.64. The maximum atomic E-state index is 5.01. The van der Waals surface area contributed by atoms with Crippen molar-refractivity contribution in [2.45, 2.75) is 12.6 Å². The lowest BCUT2D eigenvalue weighted by Crippen LogP contribution is -2.45. The molecule has 6 heteroatoms. The summed E-state index contributed by atoms with van der Waals surface area (Å²) in [5, 5.41) is 3.32. The van der Waals surface area contributed by atoms with Crippen molar-refractivity contribution >= 4 is 0 Å². The van der Waals surface area contributed by atoms with Gasteiger partial charge < -0.3 is 19.9 Å². The van der Waals surface area contributed by atoms with Crippen LogP contribution in [0.3, 0.4) is 0 Å². The molecule has 1 atom stereocenters. The molecule has 1 saturated heterocycles. The first kappa shape index (κ1) is 14.5. The van der Waals surface area contributed by atoms with Crippen LogP contribution in [0.2, 0.25) is 0 Å². The Morgan fingerprint density at radius 3 is 3.11 bits per heavy atom. The molecule has 1 unspecified atom stereocenters. The van der Waals surface area contributed by atoms with Gasteiger partial charge in [-0.2, -0.15) is 0 Å². The second-order valence-corrected chi connectivity index (χ2v) is 5.22. The predicted molar refractivity (Wildman–Crippen MR) is 75.0 cm³/mol. The van der Waals surface area contributed by atoms with Crippen molar-refractivity contribution < 1.29 is 4.74 Å². The van der Waals surface area contributed by atoms with Crippen molar-refractivity contribution in [3.63, 3.8) is 0 Å². The van der Waals surface area contributed by atoms with Crippen molar-refractivity contribution in [2.24, 2.45) is 0 Å². The highest BCUT2D eigenvalue weighted by Crippen LogP contribution is 2.20. The number of nitrogens with zero attached hydrogens (tertiary/aromatic N) is 3. The monoisotopic (exact) mass is 267 g/mol. The Morgan fingerprint density at radius 1 is 1.47 bits per heavy atom. The Hall–Kier alpha value is -0.950. The lowest BCUT2D eigenvalue weighted by molar-refractivity contribution is 0.110. The predicted octanol–water partition coefficient (Wildman–Crippen LogP) is 0.0640. The van der Waals surface area contributed by atoms with Crippen LogP contribution in [0.5, 0.6) is 0 Å². The van der Waals surface area contributed by atoms with Crippen molar-refractivity contribution in [2.75, 3.05) is 54.0 Å². The van der Waals surface area contributed by atoms with Crippen LogP contribution in [0.15, 0.2) is 6.20 Å². The molecule has 108 valence electrons. The first-order chi connectivity index (χ1) is 9.20. The van der Waals surface area contributed by atoms with E-state index >= 15 is 0 Å². The molecule has 1 fully saturated rings. The van der Waals surface area contributed by atoms with Crippen LogP contribution in [-0.2, 0) is 11.3 Å². The molecule has 0 radical (unpaired) electrons. The van der Waals surface area contributed by atoms with Crippen LogP contribution >= 0.6 is 0 Å². The van der Waals surface area contributed by atoms with Crippen LogP contribution < -0.4 is 5.32 Å². The zero-order valence-corrected chi connectivity index (χ0v) is 12.1. The highest BCUT2D eigenvalue weighted by atomic mass is 16.5. The summed E-state index contributed by atoms with van der Waals surface area (Å²) < 4.78 is 5.01. The number of methoxy groups -OCH3 is 1. The number of hydrogen-bond acceptors (Lipinski definition) is 5. The third kappa shape index (κ3) is 4.01. The van der Waals surface area contributed by atoms with Gasteiger partial charge in [0.05, 0.1) is 12.6 Å². The average Bonchev–Trinajstić information content (AvgIpc) is 2.86. The summed E-state index contributed by atoms with van der Waals surface area (Å²) in [5.74, 6) is 1.07. The van der Waals surface area contributed by atoms with Crippen molar-refractivity contribution in [3.8, 4) is 0 Å². The minimum absolute atomic E-state index is 0.367. The number of H-pyrrole nitrogens is 1. The van der Waals surface area contributed by atoms with E-state index in [4.69, 9.17) is 4.74 Å². The van der Waals surface area contributed by atoms with Gasteiger partial charge in [-0.3, -0.25) is 4.90 Å². The number of nitrogens with one attached hydrogen (secondary N) is 2. The maximum absolute atomic E-state index is 5.01. The molecule has 0 saturated carbocycles. The fourth-order valence-corrected chi connectivity index (χ4v) is 2.34. The Balaban J connectivity index is 1.88. The Bertz CT molecular complexity index is 381. The van der Waals surface area contributed by atoms with E-state index in [1.807, 2.05) is 6.20 Å². The number of aromatic amines is 1. The zero-order valence-electron chi connectivity index (χ0n) is 12.1. The summed E-state index contributed by atoms with van der Waals surface area (Å²) in [6, 6.07) is 0.367. The average molecular weight is 267 g/mol. The molecule has 2 rings (SSSR count). The first-order valence-electron chi connectivity index (χ1n) is 6.83. The number of likely N-dealkylation sites (N-methyl/N-ethyl adjacent to an activating group) is 2. The van der Waals surface area contributed by atoms with Crippen molar-refractivity contribution in [3.05, 3.63) is 17.7 Å². The van der Waals surface area contributed by atoms with E-state index in [1.165, 1.54) is 0 Å². The fourth-order valence-electron chi connectivity index (χ4n) is 2.34. The zero-order chi connectivity index (χ0) is 13.7. The van der Waals surface area contributed by atoms with Gasteiger partial charge in [0, 0.05) is 51.7 Å². The van der Waals surface area contributed by atoms with Gasteiger partial charge >= 0.3 is 0 Å². The van der Waals surface area contributed by atoms with E-state index in [1.54, 1.807) is 7.11 Å². The molecule has 2 heterocycles. The van der Waals surface area contributed by atoms with Gasteiger partial charge in [0.25, 0.3) is 0 Å². The summed E-state index contributed by atoms with van der Waals surface area (Å²) in [7, 11) is 6.04. The van der Waals surface area contributed by atoms with Gasteiger partial charge in [-0.1, -0.05) is 0 Å². The quantitative estimate of drug-likeness (QED) is 0.714. The molecule has 0 spiro atoms. The lowest BCUT2D eigenvalue weighted by atomic mass is 10.2. The number of piperazine rings is 1. The third-order valence-electron chi connectivity index (χ3n) is 3.61. The van der Waals surface area contributed by atoms with E-state index in [2.05, 4.69) is 39.2 Å². The minimum Gasteiger partial charge on any atom is -0.383 e. The van der Waals surface area contributed by atoms with Gasteiger partial charge in [-0.15, -0.1) is 0 Å². The molecule has 0 amide bonds. The molecule has 19 heavy (non-hydrogen) atoms. The SMILES string of the molecule is COCCNCc1cnc(C2CN(C)CCN2C)[nH]1. The van der Waals surface area contributed by atoms with Gasteiger partial charge in [0.2, 0.25) is 0 Å². The Morgan fingerprint density at radius 2 is 2.32 bits per heavy atom. The van der Waals surface area contributed by atoms with Crippen LogP contribution in [0, 0.1) is 0 Å².